The molecule has 0 aliphatic rings. The molecule has 0 fully saturated rings. The van der Waals surface area contributed by atoms with E-state index in [0.29, 0.717) is 22.0 Å². The predicted octanol–water partition coefficient (Wildman–Crippen LogP) is 7.39. The van der Waals surface area contributed by atoms with Crippen LogP contribution in [0.2, 0.25) is 0 Å². The third-order valence-electron chi connectivity index (χ3n) is 5.48. The fraction of sp³-hybridized carbons (Fsp3) is 0.615. The molecule has 0 unspecified atom stereocenters. The summed E-state index contributed by atoms with van der Waals surface area (Å²) in [7, 11) is 5.63. The molecule has 0 saturated carbocycles. The van der Waals surface area contributed by atoms with Crippen LogP contribution in [0.3, 0.4) is 0 Å². The molecule has 8 heteroatoms. The van der Waals surface area contributed by atoms with Gasteiger partial charge >= 0.3 is 203 Å². The van der Waals surface area contributed by atoms with E-state index in [1.165, 1.54) is 49.2 Å². The van der Waals surface area contributed by atoms with Crippen molar-refractivity contribution in [2.75, 3.05) is 11.1 Å². The number of nitrogens with zero attached hydrogens (tertiary/aromatic N) is 3. The van der Waals surface area contributed by atoms with Crippen LogP contribution in [0.15, 0.2) is 22.4 Å². The minimum absolute atomic E-state index is 0.214. The van der Waals surface area contributed by atoms with Gasteiger partial charge in [0.15, 0.2) is 0 Å². The van der Waals surface area contributed by atoms with Crippen LogP contribution in [-0.4, -0.2) is 38.6 Å². The van der Waals surface area contributed by atoms with E-state index in [9.17, 15) is 5.11 Å². The molecule has 34 heavy (non-hydrogen) atoms. The molecule has 2 rings (SSSR count). The van der Waals surface area contributed by atoms with Crippen LogP contribution in [-0.2, 0) is 10.8 Å². The Morgan fingerprint density at radius 1 is 0.882 bits per heavy atom. The number of unbranched alkanes of at least 4 members (excludes halogenated alkanes) is 5. The molecule has 185 valence electrons. The molecule has 0 amide bonds. The zero-order valence-corrected chi connectivity index (χ0v) is 23.5. The summed E-state index contributed by atoms with van der Waals surface area (Å²) in [6, 6.07) is 3.97. The quantitative estimate of drug-likeness (QED) is 0.137. The first kappa shape index (κ1) is 28.7. The third-order valence-corrected chi connectivity index (χ3v) is 6.94. The van der Waals surface area contributed by atoms with Crippen molar-refractivity contribution in [3.8, 4) is 5.75 Å². The average molecular weight is 500 g/mol. The van der Waals surface area contributed by atoms with Gasteiger partial charge in [-0.1, -0.05) is 13.3 Å². The summed E-state index contributed by atoms with van der Waals surface area (Å²) in [6.07, 6.45) is 7.57. The van der Waals surface area contributed by atoms with Crippen molar-refractivity contribution in [2.24, 2.45) is 0 Å². The molecule has 0 aliphatic carbocycles. The van der Waals surface area contributed by atoms with Gasteiger partial charge in [-0.05, 0) is 0 Å². The fourth-order valence-corrected chi connectivity index (χ4v) is 4.89. The number of hydrogen-bond acceptors (Lipinski definition) is 7. The molecule has 1 heterocycles. The van der Waals surface area contributed by atoms with Crippen molar-refractivity contribution in [2.45, 2.75) is 108 Å². The van der Waals surface area contributed by atoms with E-state index in [2.05, 4.69) is 68.7 Å². The third kappa shape index (κ3) is 8.92. The molecule has 1 radical (unpaired) electrons. The molecule has 0 atom stereocenters. The number of benzene rings is 1. The van der Waals surface area contributed by atoms with Crippen LogP contribution in [0.25, 0.3) is 0 Å². The fourth-order valence-electron chi connectivity index (χ4n) is 3.60. The molecule has 1 aromatic heterocycles. The number of rotatable bonds is 12. The van der Waals surface area contributed by atoms with Crippen molar-refractivity contribution >= 4 is 47.9 Å². The molecule has 2 N–H and O–H groups in total. The summed E-state index contributed by atoms with van der Waals surface area (Å²) in [5, 5.41) is 17.1. The van der Waals surface area contributed by atoms with Gasteiger partial charge in [-0.3, -0.25) is 0 Å². The zero-order chi connectivity index (χ0) is 25.4. The second kappa shape index (κ2) is 13.0. The van der Waals surface area contributed by atoms with Crippen LogP contribution in [0.4, 0.5) is 11.6 Å². The number of phenolic OH excluding ortho intramolecular Hbond substituents is 1. The SMILES string of the molecule is [B]=CSc1nc(Nc2cc(C(C)(C)C)c(O)c(C(C)(C)C)c2)nc(SCCCCCCCC)n1. The van der Waals surface area contributed by atoms with Crippen LogP contribution in [0.1, 0.15) is 98.1 Å². The molecule has 0 spiro atoms. The predicted molar refractivity (Wildman–Crippen MR) is 150 cm³/mol. The second-order valence-electron chi connectivity index (χ2n) is 10.6. The first-order valence-corrected chi connectivity index (χ1v) is 14.1. The van der Waals surface area contributed by atoms with Crippen molar-refractivity contribution in [1.82, 2.24) is 15.0 Å². The summed E-state index contributed by atoms with van der Waals surface area (Å²) >= 11 is 2.94. The van der Waals surface area contributed by atoms with Gasteiger partial charge < -0.3 is 0 Å². The van der Waals surface area contributed by atoms with Gasteiger partial charge in [0.05, 0.1) is 0 Å². The molecule has 5 nitrogen and oxygen atoms in total. The number of nitrogens with one attached hydrogen (secondary N) is 1. The number of phenols is 1. The minimum atomic E-state index is -0.214. The average Bonchev–Trinajstić information content (AvgIpc) is 2.73. The van der Waals surface area contributed by atoms with E-state index in [1.54, 1.807) is 11.8 Å². The summed E-state index contributed by atoms with van der Waals surface area (Å²) in [4.78, 5) is 13.8. The number of aromatic hydroxyl groups is 1. The Kier molecular flexibility index (Phi) is 10.9. The number of anilines is 2. The van der Waals surface area contributed by atoms with Gasteiger partial charge in [0, 0.05) is 0 Å². The van der Waals surface area contributed by atoms with Crippen molar-refractivity contribution in [3.63, 3.8) is 0 Å². The Bertz CT molecular complexity index is 920. The summed E-state index contributed by atoms with van der Waals surface area (Å²) in [6.45, 7) is 14.8. The molecular formula is C26H40BN4OS2. The maximum absolute atomic E-state index is 11.0. The Balaban J connectivity index is 2.27. The molecular weight excluding hydrogens is 459 g/mol. The normalized spacial score (nSPS) is 12.1. The Morgan fingerprint density at radius 2 is 1.44 bits per heavy atom. The van der Waals surface area contributed by atoms with Gasteiger partial charge in [-0.2, -0.15) is 0 Å². The van der Waals surface area contributed by atoms with Gasteiger partial charge in [0.1, 0.15) is 0 Å². The Labute approximate surface area is 215 Å². The number of thioether (sulfide) groups is 2. The molecule has 2 aromatic rings. The van der Waals surface area contributed by atoms with Crippen molar-refractivity contribution in [3.05, 3.63) is 23.3 Å². The first-order valence-electron chi connectivity index (χ1n) is 12.2. The summed E-state index contributed by atoms with van der Waals surface area (Å²) in [5.41, 5.74) is 2.19. The maximum atomic E-state index is 11.0. The van der Waals surface area contributed by atoms with Gasteiger partial charge in [-0.25, -0.2) is 0 Å². The number of hydrogen-bond donors (Lipinski definition) is 2. The van der Waals surface area contributed by atoms with Gasteiger partial charge in [0.2, 0.25) is 0 Å². The first-order chi connectivity index (χ1) is 16.0. The van der Waals surface area contributed by atoms with Crippen LogP contribution in [0, 0.1) is 0 Å². The summed E-state index contributed by atoms with van der Waals surface area (Å²) < 4.78 is 0. The van der Waals surface area contributed by atoms with E-state index in [4.69, 9.17) is 7.49 Å². The van der Waals surface area contributed by atoms with Crippen LogP contribution >= 0.6 is 23.5 Å². The van der Waals surface area contributed by atoms with E-state index in [0.717, 1.165) is 29.0 Å². The van der Waals surface area contributed by atoms with Crippen molar-refractivity contribution in [1.29, 1.82) is 0 Å². The zero-order valence-electron chi connectivity index (χ0n) is 21.9. The molecule has 1 aromatic carbocycles. The number of aromatic nitrogens is 3. The van der Waals surface area contributed by atoms with Crippen LogP contribution < -0.4 is 5.32 Å². The van der Waals surface area contributed by atoms with Gasteiger partial charge in [-0.15, -0.1) is 0 Å². The molecule has 0 bridgehead atoms. The standard InChI is InChI=1S/C26H40BN4OS2/c1-8-9-10-11-12-13-14-33-23-29-22(30-24(31-23)34-17-27)28-18-15-19(25(2,3)4)21(32)20(16-18)26(5,6)7/h15-17,32H,8-14H2,1-7H3,(H,28,29,30,31). The topological polar surface area (TPSA) is 70.9 Å². The monoisotopic (exact) mass is 499 g/mol. The van der Waals surface area contributed by atoms with E-state index < -0.39 is 0 Å². The molecule has 0 aliphatic heterocycles. The van der Waals surface area contributed by atoms with Gasteiger partial charge in [0.25, 0.3) is 0 Å². The second-order valence-corrected chi connectivity index (χ2v) is 12.6. The summed E-state index contributed by atoms with van der Waals surface area (Å²) in [5.74, 6) is 1.81. The Morgan fingerprint density at radius 3 is 2.00 bits per heavy atom. The van der Waals surface area contributed by atoms with Crippen LogP contribution in [0.5, 0.6) is 5.75 Å². The Hall–Kier alpha value is -1.54. The van der Waals surface area contributed by atoms with E-state index in [1.807, 2.05) is 12.1 Å². The van der Waals surface area contributed by atoms with Crippen molar-refractivity contribution < 1.29 is 5.11 Å². The molecule has 0 saturated heterocycles. The van der Waals surface area contributed by atoms with E-state index in [-0.39, 0.29) is 10.8 Å². The van der Waals surface area contributed by atoms with E-state index >= 15 is 0 Å².